The smallest absolute Gasteiger partial charge is 0.319 e. The lowest BCUT2D eigenvalue weighted by molar-refractivity contribution is 0.0995. The lowest BCUT2D eigenvalue weighted by Gasteiger charge is -2.13. The number of hydrogen-bond acceptors (Lipinski definition) is 5. The van der Waals surface area contributed by atoms with Crippen molar-refractivity contribution >= 4 is 40.1 Å². The van der Waals surface area contributed by atoms with Gasteiger partial charge < -0.3 is 25.8 Å². The van der Waals surface area contributed by atoms with Gasteiger partial charge in [0, 0.05) is 36.4 Å². The molecule has 160 valence electrons. The quantitative estimate of drug-likeness (QED) is 0.509. The van der Waals surface area contributed by atoms with E-state index in [9.17, 15) is 9.59 Å². The van der Waals surface area contributed by atoms with Crippen LogP contribution in [0, 0.1) is 0 Å². The standard InChI is InChI=1S/C22H21ClN4O4/c1-30-11-12-8-19-16(10-15(12)21(24)28)20(6-7-25-19)31-14-4-5-18(17(23)9-14)27-22(29)26-13-2-3-13/h4-10,13H,2-3,11H2,1H3,(H2,24,28)(H2,26,27,29). The summed E-state index contributed by atoms with van der Waals surface area (Å²) in [5.41, 5.74) is 7.64. The van der Waals surface area contributed by atoms with Crippen LogP contribution in [0.25, 0.3) is 10.9 Å². The maximum atomic E-state index is 11.9. The summed E-state index contributed by atoms with van der Waals surface area (Å²) in [6.45, 7) is 0.235. The van der Waals surface area contributed by atoms with E-state index in [1.54, 1.807) is 49.7 Å². The second kappa shape index (κ2) is 8.79. The average Bonchev–Trinajstić information content (AvgIpc) is 3.54. The molecule has 1 heterocycles. The van der Waals surface area contributed by atoms with Crippen LogP contribution in [-0.4, -0.2) is 30.1 Å². The Bertz CT molecular complexity index is 1160. The van der Waals surface area contributed by atoms with Gasteiger partial charge in [-0.15, -0.1) is 0 Å². The first-order valence-corrected chi connectivity index (χ1v) is 10.1. The maximum absolute atomic E-state index is 11.9. The topological polar surface area (TPSA) is 116 Å². The third-order valence-electron chi connectivity index (χ3n) is 4.82. The van der Waals surface area contributed by atoms with Crippen molar-refractivity contribution < 1.29 is 19.1 Å². The number of nitrogens with one attached hydrogen (secondary N) is 2. The molecule has 0 saturated heterocycles. The maximum Gasteiger partial charge on any atom is 0.319 e. The van der Waals surface area contributed by atoms with Crippen LogP contribution >= 0.6 is 11.6 Å². The highest BCUT2D eigenvalue weighted by Gasteiger charge is 2.23. The monoisotopic (exact) mass is 440 g/mol. The highest BCUT2D eigenvalue weighted by atomic mass is 35.5. The van der Waals surface area contributed by atoms with Gasteiger partial charge in [0.15, 0.2) is 0 Å². The van der Waals surface area contributed by atoms with Gasteiger partial charge in [0.25, 0.3) is 0 Å². The molecule has 1 aliphatic carbocycles. The molecule has 3 aromatic rings. The minimum Gasteiger partial charge on any atom is -0.457 e. The molecule has 4 rings (SSSR count). The van der Waals surface area contributed by atoms with Crippen molar-refractivity contribution in [2.45, 2.75) is 25.5 Å². The van der Waals surface area contributed by atoms with Crippen LogP contribution in [0.2, 0.25) is 5.02 Å². The summed E-state index contributed by atoms with van der Waals surface area (Å²) in [5.74, 6) is 0.388. The Morgan fingerprint density at radius 3 is 2.71 bits per heavy atom. The van der Waals surface area contributed by atoms with Crippen molar-refractivity contribution in [2.24, 2.45) is 5.73 Å². The number of nitrogens with zero attached hydrogens (tertiary/aromatic N) is 1. The summed E-state index contributed by atoms with van der Waals surface area (Å²) in [5, 5.41) is 6.53. The summed E-state index contributed by atoms with van der Waals surface area (Å²) in [7, 11) is 1.54. The molecular formula is C22H21ClN4O4. The number of amides is 3. The molecule has 8 nitrogen and oxygen atoms in total. The number of halogens is 1. The van der Waals surface area contributed by atoms with E-state index in [0.717, 1.165) is 12.8 Å². The number of carbonyl (C=O) groups excluding carboxylic acids is 2. The molecular weight excluding hydrogens is 420 g/mol. The zero-order valence-corrected chi connectivity index (χ0v) is 17.5. The minimum absolute atomic E-state index is 0.235. The fourth-order valence-corrected chi connectivity index (χ4v) is 3.38. The lowest BCUT2D eigenvalue weighted by atomic mass is 10.0. The van der Waals surface area contributed by atoms with E-state index in [1.807, 2.05) is 0 Å². The largest absolute Gasteiger partial charge is 0.457 e. The number of nitrogens with two attached hydrogens (primary N) is 1. The zero-order chi connectivity index (χ0) is 22.0. The Labute approximate surface area is 183 Å². The SMILES string of the molecule is COCc1cc2nccc(Oc3ccc(NC(=O)NC4CC4)c(Cl)c3)c2cc1C(N)=O. The van der Waals surface area contributed by atoms with E-state index in [0.29, 0.717) is 44.2 Å². The average molecular weight is 441 g/mol. The molecule has 1 saturated carbocycles. The number of fused-ring (bicyclic) bond motifs is 1. The summed E-state index contributed by atoms with van der Waals surface area (Å²) in [4.78, 5) is 28.2. The first-order valence-electron chi connectivity index (χ1n) is 9.70. The lowest BCUT2D eigenvalue weighted by Crippen LogP contribution is -2.30. The second-order valence-corrected chi connectivity index (χ2v) is 7.66. The first-order chi connectivity index (χ1) is 14.9. The fourth-order valence-electron chi connectivity index (χ4n) is 3.16. The van der Waals surface area contributed by atoms with Crippen molar-refractivity contribution in [3.8, 4) is 11.5 Å². The highest BCUT2D eigenvalue weighted by Crippen LogP contribution is 2.34. The normalized spacial score (nSPS) is 13.1. The molecule has 9 heteroatoms. The van der Waals surface area contributed by atoms with E-state index in [-0.39, 0.29) is 18.7 Å². The van der Waals surface area contributed by atoms with Gasteiger partial charge in [-0.25, -0.2) is 4.79 Å². The van der Waals surface area contributed by atoms with Crippen LogP contribution in [-0.2, 0) is 11.3 Å². The van der Waals surface area contributed by atoms with Crippen molar-refractivity contribution in [1.29, 1.82) is 0 Å². The Morgan fingerprint density at radius 1 is 1.23 bits per heavy atom. The molecule has 0 radical (unpaired) electrons. The van der Waals surface area contributed by atoms with Gasteiger partial charge in [0.05, 0.1) is 22.8 Å². The van der Waals surface area contributed by atoms with Crippen molar-refractivity contribution in [3.05, 3.63) is 58.7 Å². The molecule has 31 heavy (non-hydrogen) atoms. The Balaban J connectivity index is 1.60. The van der Waals surface area contributed by atoms with Crippen molar-refractivity contribution in [3.63, 3.8) is 0 Å². The molecule has 0 spiro atoms. The van der Waals surface area contributed by atoms with Gasteiger partial charge in [-0.3, -0.25) is 9.78 Å². The van der Waals surface area contributed by atoms with Crippen molar-refractivity contribution in [2.75, 3.05) is 12.4 Å². The van der Waals surface area contributed by atoms with Gasteiger partial charge in [0.2, 0.25) is 5.91 Å². The first kappa shape index (κ1) is 20.9. The van der Waals surface area contributed by atoms with Crippen molar-refractivity contribution in [1.82, 2.24) is 10.3 Å². The summed E-state index contributed by atoms with van der Waals surface area (Å²) < 4.78 is 11.2. The number of rotatable bonds is 7. The number of anilines is 1. The van der Waals surface area contributed by atoms with E-state index < -0.39 is 5.91 Å². The summed E-state index contributed by atoms with van der Waals surface area (Å²) in [6.07, 6.45) is 3.61. The number of primary amides is 1. The predicted octanol–water partition coefficient (Wildman–Crippen LogP) is 4.21. The van der Waals surface area contributed by atoms with E-state index >= 15 is 0 Å². The Hall–Kier alpha value is -3.36. The van der Waals surface area contributed by atoms with Gasteiger partial charge in [-0.2, -0.15) is 0 Å². The number of ether oxygens (including phenoxy) is 2. The third-order valence-corrected chi connectivity index (χ3v) is 5.13. The molecule has 2 aromatic carbocycles. The Kier molecular flexibility index (Phi) is 5.92. The number of hydrogen-bond donors (Lipinski definition) is 3. The number of methoxy groups -OCH3 is 1. The molecule has 3 amide bonds. The van der Waals surface area contributed by atoms with Gasteiger partial charge in [-0.1, -0.05) is 11.6 Å². The molecule has 0 bridgehead atoms. The van der Waals surface area contributed by atoms with E-state index in [2.05, 4.69) is 15.6 Å². The molecule has 1 aromatic heterocycles. The van der Waals surface area contributed by atoms with Crippen LogP contribution in [0.4, 0.5) is 10.5 Å². The van der Waals surface area contributed by atoms with Gasteiger partial charge >= 0.3 is 6.03 Å². The molecule has 0 atom stereocenters. The molecule has 4 N–H and O–H groups in total. The van der Waals surface area contributed by atoms with Crippen LogP contribution in [0.15, 0.2) is 42.6 Å². The summed E-state index contributed by atoms with van der Waals surface area (Å²) >= 11 is 6.32. The van der Waals surface area contributed by atoms with E-state index in [4.69, 9.17) is 26.8 Å². The van der Waals surface area contributed by atoms with Crippen LogP contribution < -0.4 is 21.1 Å². The van der Waals surface area contributed by atoms with Crippen LogP contribution in [0.1, 0.15) is 28.8 Å². The van der Waals surface area contributed by atoms with Gasteiger partial charge in [-0.05, 0) is 48.7 Å². The van der Waals surface area contributed by atoms with Crippen LogP contribution in [0.5, 0.6) is 11.5 Å². The number of pyridine rings is 1. The number of carbonyl (C=O) groups is 2. The predicted molar refractivity (Wildman–Crippen MR) is 118 cm³/mol. The molecule has 0 aliphatic heterocycles. The third kappa shape index (κ3) is 4.87. The highest BCUT2D eigenvalue weighted by molar-refractivity contribution is 6.33. The van der Waals surface area contributed by atoms with E-state index in [1.165, 1.54) is 0 Å². The van der Waals surface area contributed by atoms with Gasteiger partial charge in [0.1, 0.15) is 11.5 Å². The minimum atomic E-state index is -0.563. The molecule has 1 aliphatic rings. The molecule has 0 unspecified atom stereocenters. The number of urea groups is 1. The van der Waals surface area contributed by atoms with Crippen LogP contribution in [0.3, 0.4) is 0 Å². The number of aromatic nitrogens is 1. The fraction of sp³-hybridized carbons (Fsp3) is 0.227. The molecule has 1 fully saturated rings. The number of benzene rings is 2. The Morgan fingerprint density at radius 2 is 2.03 bits per heavy atom. The second-order valence-electron chi connectivity index (χ2n) is 7.25. The zero-order valence-electron chi connectivity index (χ0n) is 16.8. The summed E-state index contributed by atoms with van der Waals surface area (Å²) in [6, 6.07) is 10.0.